The predicted molar refractivity (Wildman–Crippen MR) is 118 cm³/mol. The van der Waals surface area contributed by atoms with E-state index in [4.69, 9.17) is 16.3 Å². The Morgan fingerprint density at radius 1 is 1.12 bits per heavy atom. The fraction of sp³-hybridized carbons (Fsp3) is 0.350. The summed E-state index contributed by atoms with van der Waals surface area (Å²) in [6.07, 6.45) is 0. The number of anilines is 2. The summed E-state index contributed by atoms with van der Waals surface area (Å²) in [5.74, 6) is -0.397. The molecular weight excluding hydrogens is 468 g/mol. The molecule has 8 nitrogen and oxygen atoms in total. The molecule has 0 bridgehead atoms. The molecular formula is C20H24ClF2N3O5S. The van der Waals surface area contributed by atoms with Gasteiger partial charge in [0.2, 0.25) is 15.9 Å². The largest absolute Gasteiger partial charge is 0.495 e. The van der Waals surface area contributed by atoms with Gasteiger partial charge in [0.15, 0.2) is 0 Å². The molecule has 2 N–H and O–H groups in total. The Balaban J connectivity index is 2.13. The topological polar surface area (TPSA) is 97.0 Å². The molecule has 0 saturated carbocycles. The number of halogens is 3. The van der Waals surface area contributed by atoms with Gasteiger partial charge in [-0.15, -0.1) is 0 Å². The van der Waals surface area contributed by atoms with Crippen molar-refractivity contribution in [2.45, 2.75) is 25.4 Å². The Morgan fingerprint density at radius 2 is 1.78 bits per heavy atom. The van der Waals surface area contributed by atoms with Gasteiger partial charge < -0.3 is 20.1 Å². The lowest BCUT2D eigenvalue weighted by Gasteiger charge is -2.19. The van der Waals surface area contributed by atoms with Gasteiger partial charge in [0.05, 0.1) is 29.3 Å². The standard InChI is InChI=1S/C20H24ClF2N3O5S/c1-4-26(5-2)32(28,29)14-7-9-18(30-3)16(11-14)25-19(27)12-24-13-6-8-17(15(21)10-13)31-20(22)23/h6-11,20,24H,4-5,12H2,1-3H3,(H,25,27). The molecule has 0 radical (unpaired) electrons. The molecule has 0 aromatic heterocycles. The van der Waals surface area contributed by atoms with Gasteiger partial charge in [-0.1, -0.05) is 25.4 Å². The summed E-state index contributed by atoms with van der Waals surface area (Å²) in [4.78, 5) is 12.4. The molecule has 0 aliphatic carbocycles. The highest BCUT2D eigenvalue weighted by Gasteiger charge is 2.23. The molecule has 2 rings (SSSR count). The minimum Gasteiger partial charge on any atom is -0.495 e. The quantitative estimate of drug-likeness (QED) is 0.492. The number of hydrogen-bond donors (Lipinski definition) is 2. The Hall–Kier alpha value is -2.63. The highest BCUT2D eigenvalue weighted by molar-refractivity contribution is 7.89. The number of benzene rings is 2. The van der Waals surface area contributed by atoms with Gasteiger partial charge in [0.1, 0.15) is 11.5 Å². The van der Waals surface area contributed by atoms with Crippen molar-refractivity contribution in [3.05, 3.63) is 41.4 Å². The molecule has 0 fully saturated rings. The van der Waals surface area contributed by atoms with E-state index in [0.29, 0.717) is 18.8 Å². The van der Waals surface area contributed by atoms with Gasteiger partial charge in [-0.3, -0.25) is 4.79 Å². The summed E-state index contributed by atoms with van der Waals surface area (Å²) in [5, 5.41) is 5.35. The van der Waals surface area contributed by atoms with Crippen molar-refractivity contribution in [3.63, 3.8) is 0 Å². The molecule has 1 amide bonds. The van der Waals surface area contributed by atoms with E-state index in [1.165, 1.54) is 47.8 Å². The third-order valence-corrected chi connectivity index (χ3v) is 6.73. The summed E-state index contributed by atoms with van der Waals surface area (Å²) < 4.78 is 60.9. The maximum Gasteiger partial charge on any atom is 0.387 e. The normalized spacial score (nSPS) is 11.5. The van der Waals surface area contributed by atoms with Gasteiger partial charge in [0.25, 0.3) is 0 Å². The van der Waals surface area contributed by atoms with Crippen LogP contribution in [0.15, 0.2) is 41.3 Å². The third kappa shape index (κ3) is 6.44. The van der Waals surface area contributed by atoms with Crippen molar-refractivity contribution in [1.82, 2.24) is 4.31 Å². The van der Waals surface area contributed by atoms with E-state index in [2.05, 4.69) is 15.4 Å². The summed E-state index contributed by atoms with van der Waals surface area (Å²) >= 11 is 5.89. The van der Waals surface area contributed by atoms with E-state index in [9.17, 15) is 22.0 Å². The fourth-order valence-electron chi connectivity index (χ4n) is 2.84. The molecule has 32 heavy (non-hydrogen) atoms. The monoisotopic (exact) mass is 491 g/mol. The van der Waals surface area contributed by atoms with Crippen LogP contribution in [0.4, 0.5) is 20.2 Å². The Bertz CT molecular complexity index is 1050. The van der Waals surface area contributed by atoms with Crippen LogP contribution in [0.5, 0.6) is 11.5 Å². The van der Waals surface area contributed by atoms with Gasteiger partial charge in [-0.2, -0.15) is 13.1 Å². The molecule has 0 atom stereocenters. The summed E-state index contributed by atoms with van der Waals surface area (Å²) in [7, 11) is -2.33. The van der Waals surface area contributed by atoms with Crippen LogP contribution < -0.4 is 20.1 Å². The minimum absolute atomic E-state index is 0.0201. The second-order valence-corrected chi connectivity index (χ2v) is 8.72. The maximum atomic E-state index is 12.8. The first-order valence-corrected chi connectivity index (χ1v) is 11.4. The van der Waals surface area contributed by atoms with Crippen molar-refractivity contribution in [2.75, 3.05) is 37.4 Å². The number of methoxy groups -OCH3 is 1. The number of carbonyl (C=O) groups is 1. The lowest BCUT2D eigenvalue weighted by molar-refractivity contribution is -0.114. The average molecular weight is 492 g/mol. The highest BCUT2D eigenvalue weighted by Crippen LogP contribution is 2.30. The van der Waals surface area contributed by atoms with E-state index < -0.39 is 22.5 Å². The van der Waals surface area contributed by atoms with Gasteiger partial charge >= 0.3 is 6.61 Å². The SMILES string of the molecule is CCN(CC)S(=O)(=O)c1ccc(OC)c(NC(=O)CNc2ccc(OC(F)F)c(Cl)c2)c1. The number of hydrogen-bond acceptors (Lipinski definition) is 6. The smallest absolute Gasteiger partial charge is 0.387 e. The van der Waals surface area contributed by atoms with Crippen molar-refractivity contribution < 1.29 is 31.5 Å². The van der Waals surface area contributed by atoms with Crippen molar-refractivity contribution >= 4 is 38.9 Å². The van der Waals surface area contributed by atoms with Crippen molar-refractivity contribution in [2.24, 2.45) is 0 Å². The van der Waals surface area contributed by atoms with Gasteiger partial charge in [-0.05, 0) is 36.4 Å². The van der Waals surface area contributed by atoms with E-state index >= 15 is 0 Å². The van der Waals surface area contributed by atoms with E-state index in [1.54, 1.807) is 13.8 Å². The molecule has 0 saturated heterocycles. The van der Waals surface area contributed by atoms with Gasteiger partial charge in [0, 0.05) is 18.8 Å². The van der Waals surface area contributed by atoms with Crippen molar-refractivity contribution in [1.29, 1.82) is 0 Å². The Morgan fingerprint density at radius 3 is 2.34 bits per heavy atom. The number of amides is 1. The number of rotatable bonds is 11. The van der Waals surface area contributed by atoms with Crippen LogP contribution in [0.2, 0.25) is 5.02 Å². The zero-order valence-electron chi connectivity index (χ0n) is 17.7. The molecule has 0 unspecified atom stereocenters. The molecule has 0 heterocycles. The first kappa shape index (κ1) is 25.6. The molecule has 176 valence electrons. The van der Waals surface area contributed by atoms with E-state index in [1.807, 2.05) is 0 Å². The Kier molecular flexibility index (Phi) is 9.05. The molecule has 12 heteroatoms. The molecule has 0 aliphatic rings. The van der Waals surface area contributed by atoms with E-state index in [0.717, 1.165) is 0 Å². The number of sulfonamides is 1. The highest BCUT2D eigenvalue weighted by atomic mass is 35.5. The number of nitrogens with zero attached hydrogens (tertiary/aromatic N) is 1. The Labute approximate surface area is 190 Å². The average Bonchev–Trinajstić information content (AvgIpc) is 2.74. The summed E-state index contributed by atoms with van der Waals surface area (Å²) in [6.45, 7) is 0.866. The molecule has 2 aromatic rings. The van der Waals surface area contributed by atoms with Crippen LogP contribution in [0.1, 0.15) is 13.8 Å². The second-order valence-electron chi connectivity index (χ2n) is 6.38. The molecule has 0 aliphatic heterocycles. The minimum atomic E-state index is -3.73. The summed E-state index contributed by atoms with van der Waals surface area (Å²) in [5.41, 5.74) is 0.586. The van der Waals surface area contributed by atoms with E-state index in [-0.39, 0.29) is 33.6 Å². The van der Waals surface area contributed by atoms with Crippen LogP contribution in [0, 0.1) is 0 Å². The first-order valence-electron chi connectivity index (χ1n) is 9.58. The van der Waals surface area contributed by atoms with Crippen LogP contribution in [0.25, 0.3) is 0 Å². The van der Waals surface area contributed by atoms with Crippen LogP contribution >= 0.6 is 11.6 Å². The van der Waals surface area contributed by atoms with Crippen LogP contribution in [0.3, 0.4) is 0 Å². The molecule has 0 spiro atoms. The van der Waals surface area contributed by atoms with Crippen LogP contribution in [-0.2, 0) is 14.8 Å². The zero-order chi connectivity index (χ0) is 23.9. The van der Waals surface area contributed by atoms with Gasteiger partial charge in [-0.25, -0.2) is 8.42 Å². The third-order valence-electron chi connectivity index (χ3n) is 4.39. The van der Waals surface area contributed by atoms with Crippen molar-refractivity contribution in [3.8, 4) is 11.5 Å². The lowest BCUT2D eigenvalue weighted by Crippen LogP contribution is -2.30. The number of alkyl halides is 2. The summed E-state index contributed by atoms with van der Waals surface area (Å²) in [6, 6.07) is 8.21. The number of carbonyl (C=O) groups excluding carboxylic acids is 1. The number of nitrogens with one attached hydrogen (secondary N) is 2. The van der Waals surface area contributed by atoms with Crippen LogP contribution in [-0.4, -0.2) is 52.0 Å². The first-order chi connectivity index (χ1) is 15.1. The zero-order valence-corrected chi connectivity index (χ0v) is 19.3. The second kappa shape index (κ2) is 11.3. The maximum absolute atomic E-state index is 12.8. The number of ether oxygens (including phenoxy) is 2. The molecule has 2 aromatic carbocycles. The fourth-order valence-corrected chi connectivity index (χ4v) is 4.55. The lowest BCUT2D eigenvalue weighted by atomic mass is 10.2. The predicted octanol–water partition coefficient (Wildman–Crippen LogP) is 4.03.